The Morgan fingerprint density at radius 1 is 1.11 bits per heavy atom. The Labute approximate surface area is 166 Å². The van der Waals surface area contributed by atoms with Crippen LogP contribution in [0, 0.1) is 10.1 Å². The topological polar surface area (TPSA) is 75.9 Å². The molecule has 1 aliphatic rings. The minimum atomic E-state index is -0.429. The molecule has 1 heterocycles. The number of halogens is 2. The van der Waals surface area contributed by atoms with Gasteiger partial charge in [-0.15, -0.1) is 0 Å². The van der Waals surface area contributed by atoms with E-state index in [1.165, 1.54) is 13.2 Å². The van der Waals surface area contributed by atoms with Crippen molar-refractivity contribution < 1.29 is 14.5 Å². The SMILES string of the molecule is COc1ccc(N2CCN(C(=O)c3cc(Cl)ccc3Cl)CC2)c([N+](=O)[O-])c1. The van der Waals surface area contributed by atoms with Gasteiger partial charge in [-0.2, -0.15) is 0 Å². The normalized spacial score (nSPS) is 14.2. The van der Waals surface area contributed by atoms with Crippen molar-refractivity contribution in [1.82, 2.24) is 4.90 Å². The van der Waals surface area contributed by atoms with E-state index in [4.69, 9.17) is 27.9 Å². The van der Waals surface area contributed by atoms with Gasteiger partial charge in [-0.05, 0) is 30.3 Å². The molecule has 9 heteroatoms. The fourth-order valence-corrected chi connectivity index (χ4v) is 3.40. The first-order valence-corrected chi connectivity index (χ1v) is 8.98. The van der Waals surface area contributed by atoms with E-state index in [1.54, 1.807) is 35.2 Å². The van der Waals surface area contributed by atoms with Crippen molar-refractivity contribution in [2.75, 3.05) is 38.2 Å². The van der Waals surface area contributed by atoms with Gasteiger partial charge in [0, 0.05) is 31.2 Å². The first kappa shape index (κ1) is 19.3. The van der Waals surface area contributed by atoms with E-state index < -0.39 is 4.92 Å². The number of hydrogen-bond acceptors (Lipinski definition) is 5. The number of rotatable bonds is 4. The highest BCUT2D eigenvalue weighted by Gasteiger charge is 2.27. The van der Waals surface area contributed by atoms with Gasteiger partial charge in [0.25, 0.3) is 11.6 Å². The van der Waals surface area contributed by atoms with E-state index in [9.17, 15) is 14.9 Å². The number of carbonyl (C=O) groups is 1. The molecular weight excluding hydrogens is 393 g/mol. The molecule has 1 saturated heterocycles. The van der Waals surface area contributed by atoms with Crippen molar-refractivity contribution >= 4 is 40.5 Å². The Morgan fingerprint density at radius 2 is 1.81 bits per heavy atom. The molecule has 3 rings (SSSR count). The van der Waals surface area contributed by atoms with Gasteiger partial charge >= 0.3 is 0 Å². The average molecular weight is 410 g/mol. The zero-order chi connectivity index (χ0) is 19.6. The van der Waals surface area contributed by atoms with E-state index in [0.29, 0.717) is 53.2 Å². The Hall–Kier alpha value is -2.51. The Morgan fingerprint density at radius 3 is 2.44 bits per heavy atom. The summed E-state index contributed by atoms with van der Waals surface area (Å²) >= 11 is 12.1. The van der Waals surface area contributed by atoms with E-state index in [0.717, 1.165) is 0 Å². The van der Waals surface area contributed by atoms with Crippen LogP contribution in [0.1, 0.15) is 10.4 Å². The predicted octanol–water partition coefficient (Wildman–Crippen LogP) is 3.87. The Balaban J connectivity index is 1.75. The number of anilines is 1. The van der Waals surface area contributed by atoms with E-state index in [1.807, 2.05) is 4.90 Å². The molecule has 0 unspecified atom stereocenters. The average Bonchev–Trinajstić information content (AvgIpc) is 2.69. The second-order valence-electron chi connectivity index (χ2n) is 6.02. The number of piperazine rings is 1. The van der Waals surface area contributed by atoms with Gasteiger partial charge in [-0.3, -0.25) is 14.9 Å². The molecule has 142 valence electrons. The molecule has 0 aromatic heterocycles. The van der Waals surface area contributed by atoms with Crippen LogP contribution in [0.3, 0.4) is 0 Å². The van der Waals surface area contributed by atoms with Gasteiger partial charge in [-0.25, -0.2) is 0 Å². The fraction of sp³-hybridized carbons (Fsp3) is 0.278. The maximum atomic E-state index is 12.7. The van der Waals surface area contributed by atoms with Crippen LogP contribution in [0.5, 0.6) is 5.75 Å². The Kier molecular flexibility index (Phi) is 5.72. The van der Waals surface area contributed by atoms with E-state index in [-0.39, 0.29) is 11.6 Å². The molecule has 0 N–H and O–H groups in total. The lowest BCUT2D eigenvalue weighted by atomic mass is 10.1. The summed E-state index contributed by atoms with van der Waals surface area (Å²) in [6, 6.07) is 9.52. The number of hydrogen-bond donors (Lipinski definition) is 0. The summed E-state index contributed by atoms with van der Waals surface area (Å²) in [5, 5.41) is 12.2. The molecule has 2 aromatic rings. The van der Waals surface area contributed by atoms with Crippen LogP contribution >= 0.6 is 23.2 Å². The molecule has 0 radical (unpaired) electrons. The minimum absolute atomic E-state index is 0.0213. The second-order valence-corrected chi connectivity index (χ2v) is 6.86. The highest BCUT2D eigenvalue weighted by Crippen LogP contribution is 2.33. The molecule has 1 fully saturated rings. The van der Waals surface area contributed by atoms with Crippen LogP contribution in [0.4, 0.5) is 11.4 Å². The molecule has 0 spiro atoms. The van der Waals surface area contributed by atoms with Crippen molar-refractivity contribution in [3.8, 4) is 5.75 Å². The largest absolute Gasteiger partial charge is 0.496 e. The summed E-state index contributed by atoms with van der Waals surface area (Å²) in [5.41, 5.74) is 0.841. The molecule has 0 saturated carbocycles. The van der Waals surface area contributed by atoms with Gasteiger partial charge in [0.1, 0.15) is 11.4 Å². The molecule has 27 heavy (non-hydrogen) atoms. The van der Waals surface area contributed by atoms with Crippen LogP contribution in [0.2, 0.25) is 10.0 Å². The van der Waals surface area contributed by atoms with Crippen molar-refractivity contribution in [3.63, 3.8) is 0 Å². The van der Waals surface area contributed by atoms with Crippen molar-refractivity contribution in [2.45, 2.75) is 0 Å². The smallest absolute Gasteiger partial charge is 0.296 e. The van der Waals surface area contributed by atoms with Crippen LogP contribution < -0.4 is 9.64 Å². The number of nitrogens with zero attached hydrogens (tertiary/aromatic N) is 3. The molecule has 1 aliphatic heterocycles. The van der Waals surface area contributed by atoms with E-state index in [2.05, 4.69) is 0 Å². The van der Waals surface area contributed by atoms with Crippen LogP contribution in [0.25, 0.3) is 0 Å². The highest BCUT2D eigenvalue weighted by molar-refractivity contribution is 6.35. The number of nitro benzene ring substituents is 1. The third-order valence-corrected chi connectivity index (χ3v) is 5.01. The summed E-state index contributed by atoms with van der Waals surface area (Å²) in [5.74, 6) is 0.223. The zero-order valence-corrected chi connectivity index (χ0v) is 16.0. The quantitative estimate of drug-likeness (QED) is 0.565. The number of benzene rings is 2. The monoisotopic (exact) mass is 409 g/mol. The molecule has 0 bridgehead atoms. The van der Waals surface area contributed by atoms with E-state index >= 15 is 0 Å². The first-order valence-electron chi connectivity index (χ1n) is 8.22. The molecule has 7 nitrogen and oxygen atoms in total. The van der Waals surface area contributed by atoms with Gasteiger partial charge in [0.2, 0.25) is 0 Å². The lowest BCUT2D eigenvalue weighted by Crippen LogP contribution is -2.49. The van der Waals surface area contributed by atoms with Crippen molar-refractivity contribution in [2.24, 2.45) is 0 Å². The second kappa shape index (κ2) is 8.02. The van der Waals surface area contributed by atoms with Crippen molar-refractivity contribution in [3.05, 3.63) is 62.1 Å². The predicted molar refractivity (Wildman–Crippen MR) is 104 cm³/mol. The lowest BCUT2D eigenvalue weighted by molar-refractivity contribution is -0.384. The van der Waals surface area contributed by atoms with Crippen LogP contribution in [-0.4, -0.2) is 49.0 Å². The number of methoxy groups -OCH3 is 1. The van der Waals surface area contributed by atoms with Gasteiger partial charge in [0.15, 0.2) is 0 Å². The molecule has 0 aliphatic carbocycles. The van der Waals surface area contributed by atoms with Gasteiger partial charge in [0.05, 0.1) is 28.7 Å². The third-order valence-electron chi connectivity index (χ3n) is 4.45. The lowest BCUT2D eigenvalue weighted by Gasteiger charge is -2.36. The van der Waals surface area contributed by atoms with Gasteiger partial charge in [-0.1, -0.05) is 23.2 Å². The standard InChI is InChI=1S/C18H17Cl2N3O4/c1-27-13-3-5-16(17(11-13)23(25)26)21-6-8-22(9-7-21)18(24)14-10-12(19)2-4-15(14)20/h2-5,10-11H,6-9H2,1H3. The fourth-order valence-electron chi connectivity index (χ4n) is 3.03. The summed E-state index contributed by atoms with van der Waals surface area (Å²) in [7, 11) is 1.46. The maximum Gasteiger partial charge on any atom is 0.296 e. The summed E-state index contributed by atoms with van der Waals surface area (Å²) in [6.07, 6.45) is 0. The van der Waals surface area contributed by atoms with Crippen molar-refractivity contribution in [1.29, 1.82) is 0 Å². The first-order chi connectivity index (χ1) is 12.9. The van der Waals surface area contributed by atoms with Crippen LogP contribution in [-0.2, 0) is 0 Å². The number of carbonyl (C=O) groups excluding carboxylic acids is 1. The highest BCUT2D eigenvalue weighted by atomic mass is 35.5. The number of ether oxygens (including phenoxy) is 1. The summed E-state index contributed by atoms with van der Waals surface area (Å²) < 4.78 is 5.07. The summed E-state index contributed by atoms with van der Waals surface area (Å²) in [4.78, 5) is 27.2. The van der Waals surface area contributed by atoms with Crippen LogP contribution in [0.15, 0.2) is 36.4 Å². The maximum absolute atomic E-state index is 12.7. The zero-order valence-electron chi connectivity index (χ0n) is 14.5. The van der Waals surface area contributed by atoms with Gasteiger partial charge < -0.3 is 14.5 Å². The number of amides is 1. The number of nitro groups is 1. The minimum Gasteiger partial charge on any atom is -0.496 e. The molecular formula is C18H17Cl2N3O4. The summed E-state index contributed by atoms with van der Waals surface area (Å²) in [6.45, 7) is 1.78. The molecule has 1 amide bonds. The third kappa shape index (κ3) is 4.09. The molecule has 2 aromatic carbocycles. The molecule has 0 atom stereocenters. The Bertz CT molecular complexity index is 883.